The SMILES string of the molecule is O=C1CN(Cc2ccc(-c3ccc(C(O)CN4CCOCC4)cc3)o2)CCN1. The first-order valence-corrected chi connectivity index (χ1v) is 9.83. The van der Waals surface area contributed by atoms with Crippen LogP contribution in [0, 0.1) is 0 Å². The molecule has 1 atom stereocenters. The summed E-state index contributed by atoms with van der Waals surface area (Å²) in [5, 5.41) is 13.3. The third kappa shape index (κ3) is 4.80. The van der Waals surface area contributed by atoms with Crippen molar-refractivity contribution >= 4 is 5.91 Å². The van der Waals surface area contributed by atoms with Crippen molar-refractivity contribution in [2.45, 2.75) is 12.6 Å². The van der Waals surface area contributed by atoms with E-state index in [1.807, 2.05) is 36.4 Å². The highest BCUT2D eigenvalue weighted by molar-refractivity contribution is 5.78. The lowest BCUT2D eigenvalue weighted by Gasteiger charge is -2.28. The second-order valence-corrected chi connectivity index (χ2v) is 7.38. The normalized spacial score (nSPS) is 20.1. The number of carbonyl (C=O) groups excluding carboxylic acids is 1. The minimum atomic E-state index is -0.510. The summed E-state index contributed by atoms with van der Waals surface area (Å²) in [5.41, 5.74) is 1.88. The van der Waals surface area contributed by atoms with Gasteiger partial charge in [-0.15, -0.1) is 0 Å². The van der Waals surface area contributed by atoms with Crippen molar-refractivity contribution in [3.63, 3.8) is 0 Å². The maximum absolute atomic E-state index is 11.5. The van der Waals surface area contributed by atoms with E-state index >= 15 is 0 Å². The lowest BCUT2D eigenvalue weighted by molar-refractivity contribution is -0.124. The second-order valence-electron chi connectivity index (χ2n) is 7.38. The van der Waals surface area contributed by atoms with Gasteiger partial charge in [0.2, 0.25) is 5.91 Å². The molecule has 28 heavy (non-hydrogen) atoms. The quantitative estimate of drug-likeness (QED) is 0.779. The fraction of sp³-hybridized carbons (Fsp3) is 0.476. The Morgan fingerprint density at radius 1 is 1.04 bits per heavy atom. The topological polar surface area (TPSA) is 78.2 Å². The lowest BCUT2D eigenvalue weighted by Crippen LogP contribution is -2.47. The first-order chi connectivity index (χ1) is 13.7. The molecule has 0 bridgehead atoms. The van der Waals surface area contributed by atoms with Crippen LogP contribution in [0.5, 0.6) is 0 Å². The summed E-state index contributed by atoms with van der Waals surface area (Å²) < 4.78 is 11.3. The molecule has 2 aliphatic rings. The van der Waals surface area contributed by atoms with E-state index in [9.17, 15) is 9.90 Å². The molecule has 1 aromatic heterocycles. The number of hydrogen-bond donors (Lipinski definition) is 2. The van der Waals surface area contributed by atoms with Gasteiger partial charge in [-0.2, -0.15) is 0 Å². The van der Waals surface area contributed by atoms with Gasteiger partial charge in [0.1, 0.15) is 11.5 Å². The molecule has 2 saturated heterocycles. The van der Waals surface area contributed by atoms with Gasteiger partial charge in [0, 0.05) is 38.3 Å². The summed E-state index contributed by atoms with van der Waals surface area (Å²) >= 11 is 0. The number of nitrogens with one attached hydrogen (secondary N) is 1. The molecule has 1 amide bonds. The summed E-state index contributed by atoms with van der Waals surface area (Å²) in [4.78, 5) is 15.8. The third-order valence-electron chi connectivity index (χ3n) is 5.27. The Bertz CT molecular complexity index is 783. The van der Waals surface area contributed by atoms with Crippen LogP contribution in [-0.2, 0) is 16.1 Å². The summed E-state index contributed by atoms with van der Waals surface area (Å²) in [7, 11) is 0. The van der Waals surface area contributed by atoms with E-state index in [0.717, 1.165) is 55.5 Å². The first kappa shape index (κ1) is 19.1. The average molecular weight is 385 g/mol. The number of nitrogens with zero attached hydrogens (tertiary/aromatic N) is 2. The van der Waals surface area contributed by atoms with Crippen LogP contribution in [0.1, 0.15) is 17.4 Å². The van der Waals surface area contributed by atoms with E-state index in [2.05, 4.69) is 15.1 Å². The van der Waals surface area contributed by atoms with Gasteiger partial charge in [0.05, 0.1) is 32.4 Å². The van der Waals surface area contributed by atoms with E-state index in [-0.39, 0.29) is 5.91 Å². The van der Waals surface area contributed by atoms with Crippen LogP contribution in [0.25, 0.3) is 11.3 Å². The molecule has 150 valence electrons. The minimum absolute atomic E-state index is 0.0595. The smallest absolute Gasteiger partial charge is 0.234 e. The predicted molar refractivity (Wildman–Crippen MR) is 105 cm³/mol. The Morgan fingerprint density at radius 2 is 1.82 bits per heavy atom. The van der Waals surface area contributed by atoms with Gasteiger partial charge in [-0.25, -0.2) is 0 Å². The highest BCUT2D eigenvalue weighted by atomic mass is 16.5. The number of piperazine rings is 1. The molecule has 3 heterocycles. The number of furan rings is 1. The molecule has 1 aromatic carbocycles. The first-order valence-electron chi connectivity index (χ1n) is 9.83. The van der Waals surface area contributed by atoms with Gasteiger partial charge in [-0.05, 0) is 17.7 Å². The van der Waals surface area contributed by atoms with E-state index in [0.29, 0.717) is 26.2 Å². The predicted octanol–water partition coefficient (Wildman–Crippen LogP) is 1.24. The van der Waals surface area contributed by atoms with Gasteiger partial charge < -0.3 is 19.6 Å². The fourth-order valence-electron chi connectivity index (χ4n) is 3.67. The van der Waals surface area contributed by atoms with Gasteiger partial charge >= 0.3 is 0 Å². The number of hydrogen-bond acceptors (Lipinski definition) is 6. The van der Waals surface area contributed by atoms with Crippen molar-refractivity contribution in [2.24, 2.45) is 0 Å². The molecular weight excluding hydrogens is 358 g/mol. The maximum atomic E-state index is 11.5. The fourth-order valence-corrected chi connectivity index (χ4v) is 3.67. The van der Waals surface area contributed by atoms with Crippen LogP contribution in [0.4, 0.5) is 0 Å². The van der Waals surface area contributed by atoms with Crippen molar-refractivity contribution in [3.05, 3.63) is 47.7 Å². The zero-order valence-corrected chi connectivity index (χ0v) is 16.0. The van der Waals surface area contributed by atoms with Crippen molar-refractivity contribution in [3.8, 4) is 11.3 Å². The van der Waals surface area contributed by atoms with Crippen LogP contribution < -0.4 is 5.32 Å². The molecule has 0 spiro atoms. The molecule has 2 fully saturated rings. The summed E-state index contributed by atoms with van der Waals surface area (Å²) in [6.07, 6.45) is -0.510. The Labute approximate surface area is 164 Å². The summed E-state index contributed by atoms with van der Waals surface area (Å²) in [6, 6.07) is 11.8. The van der Waals surface area contributed by atoms with E-state index in [4.69, 9.17) is 9.15 Å². The highest BCUT2D eigenvalue weighted by Gasteiger charge is 2.18. The molecule has 0 saturated carbocycles. The molecule has 1 unspecified atom stereocenters. The maximum Gasteiger partial charge on any atom is 0.234 e. The zero-order valence-electron chi connectivity index (χ0n) is 16.0. The number of ether oxygens (including phenoxy) is 1. The minimum Gasteiger partial charge on any atom is -0.460 e. The number of aliphatic hydroxyl groups excluding tert-OH is 1. The second kappa shape index (κ2) is 8.87. The van der Waals surface area contributed by atoms with E-state index in [1.54, 1.807) is 0 Å². The van der Waals surface area contributed by atoms with Crippen molar-refractivity contribution < 1.29 is 19.1 Å². The van der Waals surface area contributed by atoms with Crippen molar-refractivity contribution in [1.82, 2.24) is 15.1 Å². The Balaban J connectivity index is 1.35. The highest BCUT2D eigenvalue weighted by Crippen LogP contribution is 2.25. The van der Waals surface area contributed by atoms with Crippen LogP contribution in [0.2, 0.25) is 0 Å². The molecular formula is C21H27N3O4. The molecule has 7 nitrogen and oxygen atoms in total. The molecule has 0 aliphatic carbocycles. The number of rotatable bonds is 6. The van der Waals surface area contributed by atoms with E-state index in [1.165, 1.54) is 0 Å². The van der Waals surface area contributed by atoms with Crippen LogP contribution in [0.3, 0.4) is 0 Å². The number of morpholine rings is 1. The van der Waals surface area contributed by atoms with Gasteiger partial charge in [0.15, 0.2) is 0 Å². The Morgan fingerprint density at radius 3 is 2.57 bits per heavy atom. The van der Waals surface area contributed by atoms with Gasteiger partial charge in [0.25, 0.3) is 0 Å². The van der Waals surface area contributed by atoms with Crippen LogP contribution in [0.15, 0.2) is 40.8 Å². The van der Waals surface area contributed by atoms with Crippen molar-refractivity contribution in [2.75, 3.05) is 52.5 Å². The van der Waals surface area contributed by atoms with Gasteiger partial charge in [-0.1, -0.05) is 24.3 Å². The molecule has 7 heteroatoms. The van der Waals surface area contributed by atoms with Crippen molar-refractivity contribution in [1.29, 1.82) is 0 Å². The Hall–Kier alpha value is -2.19. The largest absolute Gasteiger partial charge is 0.460 e. The van der Waals surface area contributed by atoms with Crippen LogP contribution >= 0.6 is 0 Å². The monoisotopic (exact) mass is 385 g/mol. The van der Waals surface area contributed by atoms with Crippen LogP contribution in [-0.4, -0.2) is 73.3 Å². The number of aliphatic hydroxyl groups is 1. The van der Waals surface area contributed by atoms with Gasteiger partial charge in [-0.3, -0.25) is 14.6 Å². The summed E-state index contributed by atoms with van der Waals surface area (Å²) in [6.45, 7) is 6.36. The zero-order chi connectivity index (χ0) is 19.3. The number of amides is 1. The number of carbonyl (C=O) groups is 1. The lowest BCUT2D eigenvalue weighted by atomic mass is 10.1. The standard InChI is InChI=1S/C21H27N3O4/c25-19(14-23-9-11-27-12-10-23)16-1-3-17(4-2-16)20-6-5-18(28-20)13-24-8-7-22-21(26)15-24/h1-6,19,25H,7-15H2,(H,22,26). The molecule has 0 radical (unpaired) electrons. The van der Waals surface area contributed by atoms with E-state index < -0.39 is 6.10 Å². The summed E-state index contributed by atoms with van der Waals surface area (Å²) in [5.74, 6) is 1.70. The molecule has 4 rings (SSSR count). The molecule has 2 aliphatic heterocycles. The number of β-amino-alcohol motifs (C(OH)–C–C–N with tert-alkyl or cyclic N) is 1. The Kier molecular flexibility index (Phi) is 6.07. The number of benzene rings is 1. The third-order valence-corrected chi connectivity index (χ3v) is 5.27. The molecule has 2 aromatic rings. The molecule has 2 N–H and O–H groups in total. The average Bonchev–Trinajstić information content (AvgIpc) is 3.17.